The van der Waals surface area contributed by atoms with Crippen LogP contribution in [0.2, 0.25) is 0 Å². The monoisotopic (exact) mass is 255 g/mol. The Morgan fingerprint density at radius 2 is 2.21 bits per heavy atom. The Bertz CT molecular complexity index is 557. The van der Waals surface area contributed by atoms with Crippen molar-refractivity contribution in [1.29, 1.82) is 5.26 Å². The molecule has 0 amide bonds. The summed E-state index contributed by atoms with van der Waals surface area (Å²) in [6.45, 7) is 0. The quantitative estimate of drug-likeness (QED) is 0.757. The third-order valence-corrected chi connectivity index (χ3v) is 4.09. The number of ether oxygens (including phenoxy) is 2. The molecule has 98 valence electrons. The SMILES string of the molecule is COc1ccc(/C=C\C#N)c2c1O[C@H]1CCCC[C@@H]21. The van der Waals surface area contributed by atoms with Crippen LogP contribution in [0.3, 0.4) is 0 Å². The van der Waals surface area contributed by atoms with E-state index < -0.39 is 0 Å². The summed E-state index contributed by atoms with van der Waals surface area (Å²) in [5.41, 5.74) is 2.32. The first kappa shape index (κ1) is 12.1. The van der Waals surface area contributed by atoms with E-state index in [2.05, 4.69) is 6.07 Å². The molecule has 0 bridgehead atoms. The molecule has 19 heavy (non-hydrogen) atoms. The lowest BCUT2D eigenvalue weighted by Crippen LogP contribution is -2.22. The van der Waals surface area contributed by atoms with Gasteiger partial charge in [-0.25, -0.2) is 0 Å². The molecule has 0 N–H and O–H groups in total. The summed E-state index contributed by atoms with van der Waals surface area (Å²) in [7, 11) is 1.67. The van der Waals surface area contributed by atoms with Gasteiger partial charge in [-0.05, 0) is 37.0 Å². The molecule has 3 rings (SSSR count). The van der Waals surface area contributed by atoms with Crippen LogP contribution in [0.5, 0.6) is 11.5 Å². The number of nitrogens with zero attached hydrogens (tertiary/aromatic N) is 1. The first-order chi connectivity index (χ1) is 9.35. The minimum absolute atomic E-state index is 0.286. The molecule has 3 heteroatoms. The average Bonchev–Trinajstić information content (AvgIpc) is 2.84. The van der Waals surface area contributed by atoms with E-state index in [1.54, 1.807) is 7.11 Å². The van der Waals surface area contributed by atoms with Gasteiger partial charge in [0, 0.05) is 17.6 Å². The van der Waals surface area contributed by atoms with Crippen LogP contribution in [-0.4, -0.2) is 13.2 Å². The maximum absolute atomic E-state index is 8.72. The third kappa shape index (κ3) is 1.98. The van der Waals surface area contributed by atoms with Crippen LogP contribution in [0.1, 0.15) is 42.7 Å². The van der Waals surface area contributed by atoms with Gasteiger partial charge < -0.3 is 9.47 Å². The van der Waals surface area contributed by atoms with E-state index in [-0.39, 0.29) is 6.10 Å². The Balaban J connectivity index is 2.09. The van der Waals surface area contributed by atoms with Crippen molar-refractivity contribution >= 4 is 6.08 Å². The zero-order chi connectivity index (χ0) is 13.2. The number of rotatable bonds is 2. The molecule has 1 heterocycles. The second kappa shape index (κ2) is 4.97. The minimum Gasteiger partial charge on any atom is -0.493 e. The van der Waals surface area contributed by atoms with E-state index in [1.807, 2.05) is 18.2 Å². The van der Waals surface area contributed by atoms with E-state index in [9.17, 15) is 0 Å². The zero-order valence-corrected chi connectivity index (χ0v) is 11.1. The van der Waals surface area contributed by atoms with E-state index in [4.69, 9.17) is 14.7 Å². The molecule has 1 aliphatic heterocycles. The first-order valence-corrected chi connectivity index (χ1v) is 6.79. The fraction of sp³-hybridized carbons (Fsp3) is 0.438. The summed E-state index contributed by atoms with van der Waals surface area (Å²) in [5.74, 6) is 2.15. The number of hydrogen-bond donors (Lipinski definition) is 0. The van der Waals surface area contributed by atoms with Gasteiger partial charge >= 0.3 is 0 Å². The standard InChI is InChI=1S/C16H17NO2/c1-18-14-9-8-11(5-4-10-17)15-12-6-2-3-7-13(12)19-16(14)15/h4-5,8-9,12-13H,2-3,6-7H2,1H3/b5-4-/t12-,13+/m1/s1. The van der Waals surface area contributed by atoms with Gasteiger partial charge in [0.15, 0.2) is 11.5 Å². The summed E-state index contributed by atoms with van der Waals surface area (Å²) >= 11 is 0. The summed E-state index contributed by atoms with van der Waals surface area (Å²) in [6.07, 6.45) is 8.46. The van der Waals surface area contributed by atoms with Crippen molar-refractivity contribution in [2.24, 2.45) is 0 Å². The average molecular weight is 255 g/mol. The van der Waals surface area contributed by atoms with Gasteiger partial charge in [0.1, 0.15) is 6.10 Å². The van der Waals surface area contributed by atoms with Gasteiger partial charge in [0.05, 0.1) is 13.2 Å². The molecule has 1 fully saturated rings. The molecule has 3 nitrogen and oxygen atoms in total. The second-order valence-corrected chi connectivity index (χ2v) is 5.11. The lowest BCUT2D eigenvalue weighted by molar-refractivity contribution is 0.160. The highest BCUT2D eigenvalue weighted by Gasteiger charge is 2.39. The predicted octanol–water partition coefficient (Wildman–Crippen LogP) is 3.65. The zero-order valence-electron chi connectivity index (χ0n) is 11.1. The predicted molar refractivity (Wildman–Crippen MR) is 73.3 cm³/mol. The van der Waals surface area contributed by atoms with Crippen molar-refractivity contribution in [3.05, 3.63) is 29.3 Å². The Kier molecular flexibility index (Phi) is 3.16. The number of hydrogen-bond acceptors (Lipinski definition) is 3. The van der Waals surface area contributed by atoms with Crippen LogP contribution < -0.4 is 9.47 Å². The van der Waals surface area contributed by atoms with Crippen LogP contribution in [-0.2, 0) is 0 Å². The van der Waals surface area contributed by atoms with Crippen molar-refractivity contribution in [3.8, 4) is 17.6 Å². The fourth-order valence-corrected chi connectivity index (χ4v) is 3.25. The molecule has 1 saturated carbocycles. The Morgan fingerprint density at radius 1 is 1.37 bits per heavy atom. The molecule has 1 aliphatic carbocycles. The van der Waals surface area contributed by atoms with Gasteiger partial charge in [0.25, 0.3) is 0 Å². The van der Waals surface area contributed by atoms with E-state index in [1.165, 1.54) is 24.5 Å². The molecule has 1 aromatic carbocycles. The van der Waals surface area contributed by atoms with Gasteiger partial charge in [-0.3, -0.25) is 0 Å². The van der Waals surface area contributed by atoms with Crippen LogP contribution in [0, 0.1) is 11.3 Å². The molecule has 0 spiro atoms. The molecule has 1 aromatic rings. The van der Waals surface area contributed by atoms with Gasteiger partial charge in [0.2, 0.25) is 0 Å². The van der Waals surface area contributed by atoms with Crippen LogP contribution in [0.25, 0.3) is 6.08 Å². The van der Waals surface area contributed by atoms with Gasteiger partial charge in [-0.1, -0.05) is 12.5 Å². The van der Waals surface area contributed by atoms with Gasteiger partial charge in [-0.15, -0.1) is 0 Å². The molecule has 2 atom stereocenters. The molecule has 0 aromatic heterocycles. The minimum atomic E-state index is 0.286. The topological polar surface area (TPSA) is 42.2 Å². The third-order valence-electron chi connectivity index (χ3n) is 4.09. The molecule has 0 unspecified atom stereocenters. The van der Waals surface area contributed by atoms with Crippen LogP contribution >= 0.6 is 0 Å². The van der Waals surface area contributed by atoms with Crippen molar-refractivity contribution in [3.63, 3.8) is 0 Å². The molecular formula is C16H17NO2. The van der Waals surface area contributed by atoms with E-state index >= 15 is 0 Å². The smallest absolute Gasteiger partial charge is 0.165 e. The van der Waals surface area contributed by atoms with Gasteiger partial charge in [-0.2, -0.15) is 5.26 Å². The fourth-order valence-electron chi connectivity index (χ4n) is 3.25. The Morgan fingerprint density at radius 3 is 3.00 bits per heavy atom. The highest BCUT2D eigenvalue weighted by molar-refractivity contribution is 5.66. The second-order valence-electron chi connectivity index (χ2n) is 5.11. The van der Waals surface area contributed by atoms with Crippen LogP contribution in [0.15, 0.2) is 18.2 Å². The number of benzene rings is 1. The largest absolute Gasteiger partial charge is 0.493 e. The van der Waals surface area contributed by atoms with Crippen molar-refractivity contribution < 1.29 is 9.47 Å². The number of methoxy groups -OCH3 is 1. The van der Waals surface area contributed by atoms with Crippen molar-refractivity contribution in [2.45, 2.75) is 37.7 Å². The normalized spacial score (nSPS) is 24.4. The van der Waals surface area contributed by atoms with Crippen molar-refractivity contribution in [1.82, 2.24) is 0 Å². The summed E-state index contributed by atoms with van der Waals surface area (Å²) in [5, 5.41) is 8.72. The molecule has 0 saturated heterocycles. The Hall–Kier alpha value is -1.95. The first-order valence-electron chi connectivity index (χ1n) is 6.79. The van der Waals surface area contributed by atoms with Crippen molar-refractivity contribution in [2.75, 3.05) is 7.11 Å². The molecule has 0 radical (unpaired) electrons. The molecule has 2 aliphatic rings. The summed E-state index contributed by atoms with van der Waals surface area (Å²) in [4.78, 5) is 0. The molecular weight excluding hydrogens is 238 g/mol. The lowest BCUT2D eigenvalue weighted by atomic mass is 9.81. The maximum atomic E-state index is 8.72. The summed E-state index contributed by atoms with van der Waals surface area (Å²) in [6, 6.07) is 6.00. The van der Waals surface area contributed by atoms with E-state index in [0.29, 0.717) is 5.92 Å². The van der Waals surface area contributed by atoms with E-state index in [0.717, 1.165) is 29.9 Å². The number of allylic oxidation sites excluding steroid dienone is 1. The highest BCUT2D eigenvalue weighted by atomic mass is 16.5. The lowest BCUT2D eigenvalue weighted by Gasteiger charge is -2.24. The maximum Gasteiger partial charge on any atom is 0.165 e. The number of nitriles is 1. The van der Waals surface area contributed by atoms with Crippen LogP contribution in [0.4, 0.5) is 0 Å². The summed E-state index contributed by atoms with van der Waals surface area (Å²) < 4.78 is 11.5. The number of fused-ring (bicyclic) bond motifs is 3. The highest BCUT2D eigenvalue weighted by Crippen LogP contribution is 2.51. The Labute approximate surface area is 113 Å².